The van der Waals surface area contributed by atoms with E-state index in [4.69, 9.17) is 16.3 Å². The predicted molar refractivity (Wildman–Crippen MR) is 71.9 cm³/mol. The number of ether oxygens (including phenoxy) is 1. The summed E-state index contributed by atoms with van der Waals surface area (Å²) in [5.41, 5.74) is 1.45. The number of halogens is 1. The summed E-state index contributed by atoms with van der Waals surface area (Å²) in [6.07, 6.45) is 1.82. The summed E-state index contributed by atoms with van der Waals surface area (Å²) in [7, 11) is 1.84. The van der Waals surface area contributed by atoms with Gasteiger partial charge in [0.05, 0.1) is 5.57 Å². The fraction of sp³-hybridized carbons (Fsp3) is 0.308. The molecule has 0 aromatic heterocycles. The van der Waals surface area contributed by atoms with Gasteiger partial charge in [-0.05, 0) is 31.3 Å². The van der Waals surface area contributed by atoms with E-state index in [1.54, 1.807) is 12.1 Å². The van der Waals surface area contributed by atoms with Gasteiger partial charge in [0.25, 0.3) is 5.91 Å². The molecule has 96 valence electrons. The lowest BCUT2D eigenvalue weighted by atomic mass is 10.1. The Labute approximate surface area is 111 Å². The third-order valence-electron chi connectivity index (χ3n) is 2.64. The molecular weight excluding hydrogens is 252 g/mol. The summed E-state index contributed by atoms with van der Waals surface area (Å²) in [4.78, 5) is 11.8. The SMILES string of the molecule is CNCCNC(=O)C1=Cc2cc(Cl)ccc2OC1. The smallest absolute Gasteiger partial charge is 0.250 e. The number of amides is 1. The van der Waals surface area contributed by atoms with E-state index >= 15 is 0 Å². The van der Waals surface area contributed by atoms with E-state index in [1.165, 1.54) is 0 Å². The summed E-state index contributed by atoms with van der Waals surface area (Å²) >= 11 is 5.91. The van der Waals surface area contributed by atoms with Crippen LogP contribution in [0.2, 0.25) is 5.02 Å². The molecule has 5 heteroatoms. The van der Waals surface area contributed by atoms with Crippen molar-refractivity contribution < 1.29 is 9.53 Å². The maximum atomic E-state index is 11.8. The Balaban J connectivity index is 2.09. The number of nitrogens with one attached hydrogen (secondary N) is 2. The molecule has 0 fully saturated rings. The summed E-state index contributed by atoms with van der Waals surface area (Å²) in [6, 6.07) is 5.37. The van der Waals surface area contributed by atoms with E-state index in [1.807, 2.05) is 19.2 Å². The molecule has 1 aromatic rings. The second-order valence-electron chi connectivity index (χ2n) is 4.00. The zero-order valence-electron chi connectivity index (χ0n) is 10.1. The molecule has 18 heavy (non-hydrogen) atoms. The molecular formula is C13H15ClN2O2. The second-order valence-corrected chi connectivity index (χ2v) is 4.44. The van der Waals surface area contributed by atoms with Crippen LogP contribution >= 0.6 is 11.6 Å². The van der Waals surface area contributed by atoms with Crippen LogP contribution in [-0.2, 0) is 4.79 Å². The third kappa shape index (κ3) is 3.03. The van der Waals surface area contributed by atoms with Crippen molar-refractivity contribution in [1.82, 2.24) is 10.6 Å². The maximum Gasteiger partial charge on any atom is 0.250 e. The highest BCUT2D eigenvalue weighted by Crippen LogP contribution is 2.28. The highest BCUT2D eigenvalue weighted by molar-refractivity contribution is 6.30. The van der Waals surface area contributed by atoms with E-state index in [9.17, 15) is 4.79 Å². The number of likely N-dealkylation sites (N-methyl/N-ethyl adjacent to an activating group) is 1. The summed E-state index contributed by atoms with van der Waals surface area (Å²) in [6.45, 7) is 1.62. The first kappa shape index (κ1) is 12.9. The molecule has 4 nitrogen and oxygen atoms in total. The number of carbonyl (C=O) groups is 1. The first-order valence-electron chi connectivity index (χ1n) is 5.76. The Kier molecular flexibility index (Phi) is 4.23. The number of hydrogen-bond acceptors (Lipinski definition) is 3. The second kappa shape index (κ2) is 5.89. The molecule has 0 bridgehead atoms. The molecule has 1 aromatic carbocycles. The van der Waals surface area contributed by atoms with Gasteiger partial charge < -0.3 is 15.4 Å². The molecule has 1 aliphatic heterocycles. The van der Waals surface area contributed by atoms with Crippen molar-refractivity contribution in [2.75, 3.05) is 26.7 Å². The zero-order chi connectivity index (χ0) is 13.0. The predicted octanol–water partition coefficient (Wildman–Crippen LogP) is 1.45. The van der Waals surface area contributed by atoms with Crippen molar-refractivity contribution in [3.05, 3.63) is 34.4 Å². The normalized spacial score (nSPS) is 13.3. The Hall–Kier alpha value is -1.52. The van der Waals surface area contributed by atoms with E-state index in [-0.39, 0.29) is 5.91 Å². The molecule has 1 heterocycles. The average molecular weight is 267 g/mol. The van der Waals surface area contributed by atoms with Crippen LogP contribution in [0.5, 0.6) is 5.75 Å². The molecule has 1 aliphatic rings. The third-order valence-corrected chi connectivity index (χ3v) is 2.87. The minimum atomic E-state index is -0.101. The number of benzene rings is 1. The van der Waals surface area contributed by atoms with E-state index in [0.717, 1.165) is 17.9 Å². The van der Waals surface area contributed by atoms with Crippen molar-refractivity contribution in [3.63, 3.8) is 0 Å². The van der Waals surface area contributed by atoms with Crippen molar-refractivity contribution in [2.24, 2.45) is 0 Å². The molecule has 0 saturated heterocycles. The lowest BCUT2D eigenvalue weighted by molar-refractivity contribution is -0.117. The van der Waals surface area contributed by atoms with Crippen LogP contribution in [0.4, 0.5) is 0 Å². The van der Waals surface area contributed by atoms with Crippen molar-refractivity contribution in [2.45, 2.75) is 0 Å². The molecule has 2 rings (SSSR count). The molecule has 0 aliphatic carbocycles. The quantitative estimate of drug-likeness (QED) is 0.811. The lowest BCUT2D eigenvalue weighted by Crippen LogP contribution is -2.33. The Morgan fingerprint density at radius 1 is 1.44 bits per heavy atom. The van der Waals surface area contributed by atoms with Crippen molar-refractivity contribution in [3.8, 4) is 5.75 Å². The number of hydrogen-bond donors (Lipinski definition) is 2. The highest BCUT2D eigenvalue weighted by atomic mass is 35.5. The van der Waals surface area contributed by atoms with Crippen LogP contribution in [-0.4, -0.2) is 32.7 Å². The molecule has 0 radical (unpaired) electrons. The van der Waals surface area contributed by atoms with Gasteiger partial charge in [0.1, 0.15) is 12.4 Å². The Morgan fingerprint density at radius 3 is 3.06 bits per heavy atom. The largest absolute Gasteiger partial charge is 0.488 e. The van der Waals surface area contributed by atoms with E-state index in [2.05, 4.69) is 10.6 Å². The van der Waals surface area contributed by atoms with E-state index < -0.39 is 0 Å². The van der Waals surface area contributed by atoms with Crippen molar-refractivity contribution in [1.29, 1.82) is 0 Å². The molecule has 1 amide bonds. The Bertz CT molecular complexity index is 486. The first-order valence-corrected chi connectivity index (χ1v) is 6.14. The maximum absolute atomic E-state index is 11.8. The van der Waals surface area contributed by atoms with Crippen LogP contribution in [0.1, 0.15) is 5.56 Å². The fourth-order valence-electron chi connectivity index (χ4n) is 1.69. The number of carbonyl (C=O) groups excluding carboxylic acids is 1. The van der Waals surface area contributed by atoms with Crippen LogP contribution in [0.3, 0.4) is 0 Å². The van der Waals surface area contributed by atoms with Crippen LogP contribution in [0.25, 0.3) is 6.08 Å². The number of rotatable bonds is 4. The standard InChI is InChI=1S/C13H15ClN2O2/c1-15-4-5-16-13(17)10-6-9-7-11(14)2-3-12(9)18-8-10/h2-3,6-7,15H,4-5,8H2,1H3,(H,16,17). The van der Waals surface area contributed by atoms with Crippen LogP contribution in [0, 0.1) is 0 Å². The van der Waals surface area contributed by atoms with Crippen LogP contribution < -0.4 is 15.4 Å². The Morgan fingerprint density at radius 2 is 2.28 bits per heavy atom. The van der Waals surface area contributed by atoms with Crippen LogP contribution in [0.15, 0.2) is 23.8 Å². The highest BCUT2D eigenvalue weighted by Gasteiger charge is 2.16. The van der Waals surface area contributed by atoms with Gasteiger partial charge >= 0.3 is 0 Å². The first-order chi connectivity index (χ1) is 8.70. The van der Waals surface area contributed by atoms with Gasteiger partial charge in [-0.25, -0.2) is 0 Å². The monoisotopic (exact) mass is 266 g/mol. The average Bonchev–Trinajstić information content (AvgIpc) is 2.38. The van der Waals surface area contributed by atoms with Gasteiger partial charge in [0, 0.05) is 23.7 Å². The lowest BCUT2D eigenvalue weighted by Gasteiger charge is -2.17. The minimum absolute atomic E-state index is 0.101. The molecule has 0 spiro atoms. The van der Waals surface area contributed by atoms with Gasteiger partial charge in [0.2, 0.25) is 0 Å². The summed E-state index contributed by atoms with van der Waals surface area (Å²) in [5.74, 6) is 0.655. The molecule has 0 atom stereocenters. The van der Waals surface area contributed by atoms with Gasteiger partial charge in [-0.2, -0.15) is 0 Å². The molecule has 0 unspecified atom stereocenters. The molecule has 0 saturated carbocycles. The summed E-state index contributed by atoms with van der Waals surface area (Å²) < 4.78 is 5.52. The summed E-state index contributed by atoms with van der Waals surface area (Å²) in [5, 5.41) is 6.41. The van der Waals surface area contributed by atoms with Gasteiger partial charge in [-0.3, -0.25) is 4.79 Å². The van der Waals surface area contributed by atoms with Gasteiger partial charge in [-0.15, -0.1) is 0 Å². The van der Waals surface area contributed by atoms with Crippen molar-refractivity contribution >= 4 is 23.6 Å². The van der Waals surface area contributed by atoms with E-state index in [0.29, 0.717) is 23.7 Å². The van der Waals surface area contributed by atoms with Gasteiger partial charge in [-0.1, -0.05) is 11.6 Å². The molecule has 2 N–H and O–H groups in total. The topological polar surface area (TPSA) is 50.4 Å². The number of fused-ring (bicyclic) bond motifs is 1. The minimum Gasteiger partial charge on any atom is -0.488 e. The zero-order valence-corrected chi connectivity index (χ0v) is 10.9. The van der Waals surface area contributed by atoms with Gasteiger partial charge in [0.15, 0.2) is 0 Å². The fourth-order valence-corrected chi connectivity index (χ4v) is 1.87.